The lowest BCUT2D eigenvalue weighted by Gasteiger charge is -2.56. The lowest BCUT2D eigenvalue weighted by molar-refractivity contribution is -0.158. The van der Waals surface area contributed by atoms with Crippen LogP contribution in [0.25, 0.3) is 21.7 Å². The number of likely N-dealkylation sites (tertiary alicyclic amines) is 1. The van der Waals surface area contributed by atoms with Crippen LogP contribution in [-0.4, -0.2) is 22.3 Å². The summed E-state index contributed by atoms with van der Waals surface area (Å²) in [4.78, 5) is 22.0. The number of amides is 1. The fraction of sp³-hybridized carbons (Fsp3) is 0.111. The van der Waals surface area contributed by atoms with Crippen LogP contribution in [0.5, 0.6) is 0 Å². The Labute approximate surface area is 228 Å². The molecule has 0 N–H and O–H groups in total. The Morgan fingerprint density at radius 2 is 1.10 bits per heavy atom. The van der Waals surface area contributed by atoms with E-state index in [1.54, 1.807) is 0 Å². The second kappa shape index (κ2) is 9.52. The van der Waals surface area contributed by atoms with Crippen molar-refractivity contribution >= 4 is 27.6 Å². The first-order valence-corrected chi connectivity index (χ1v) is 13.5. The maximum atomic E-state index is 14.6. The predicted molar refractivity (Wildman–Crippen MR) is 158 cm³/mol. The number of β-lactam (4-membered cyclic amide) rings is 1. The molecule has 3 heteroatoms. The van der Waals surface area contributed by atoms with Gasteiger partial charge in [-0.1, -0.05) is 133 Å². The summed E-state index contributed by atoms with van der Waals surface area (Å²) in [5.41, 5.74) is 4.25. The molecule has 3 nitrogen and oxygen atoms in total. The molecule has 1 unspecified atom stereocenters. The van der Waals surface area contributed by atoms with Gasteiger partial charge in [0, 0.05) is 17.3 Å². The molecular formula is C36H28N2O. The Bertz CT molecular complexity index is 1740. The number of pyridine rings is 1. The minimum absolute atomic E-state index is 0.125. The third-order valence-electron chi connectivity index (χ3n) is 8.16. The van der Waals surface area contributed by atoms with Crippen LogP contribution in [0.15, 0.2) is 140 Å². The number of fused-ring (bicyclic) bond motifs is 3. The summed E-state index contributed by atoms with van der Waals surface area (Å²) in [6.45, 7) is 0.623. The molecule has 2 heterocycles. The SMILES string of the molecule is O=C1N(CCc2ccccc2)C(c2nc3ccccc3c3ccccc23)C1(c1ccccc1)c1ccccc1. The van der Waals surface area contributed by atoms with Gasteiger partial charge in [-0.2, -0.15) is 0 Å². The van der Waals surface area contributed by atoms with E-state index in [4.69, 9.17) is 4.98 Å². The smallest absolute Gasteiger partial charge is 0.240 e. The van der Waals surface area contributed by atoms with Crippen LogP contribution in [0.1, 0.15) is 28.4 Å². The molecule has 1 fully saturated rings. The van der Waals surface area contributed by atoms with Crippen LogP contribution in [0.3, 0.4) is 0 Å². The van der Waals surface area contributed by atoms with E-state index >= 15 is 0 Å². The van der Waals surface area contributed by atoms with E-state index in [0.29, 0.717) is 6.54 Å². The number of carbonyl (C=O) groups is 1. The molecule has 7 rings (SSSR count). The topological polar surface area (TPSA) is 33.2 Å². The van der Waals surface area contributed by atoms with Crippen molar-refractivity contribution in [3.8, 4) is 0 Å². The van der Waals surface area contributed by atoms with Crippen molar-refractivity contribution in [1.82, 2.24) is 9.88 Å². The number of rotatable bonds is 6. The monoisotopic (exact) mass is 504 g/mol. The molecule has 0 bridgehead atoms. The summed E-state index contributed by atoms with van der Waals surface area (Å²) >= 11 is 0. The quantitative estimate of drug-likeness (QED) is 0.174. The number of carbonyl (C=O) groups excluding carboxylic acids is 1. The molecule has 5 aromatic carbocycles. The maximum Gasteiger partial charge on any atom is 0.240 e. The zero-order chi connectivity index (χ0) is 26.2. The van der Waals surface area contributed by atoms with Crippen LogP contribution in [0.2, 0.25) is 0 Å². The molecule has 0 spiro atoms. The molecular weight excluding hydrogens is 476 g/mol. The van der Waals surface area contributed by atoms with E-state index in [9.17, 15) is 4.79 Å². The van der Waals surface area contributed by atoms with Gasteiger partial charge in [-0.05, 0) is 34.6 Å². The van der Waals surface area contributed by atoms with Crippen molar-refractivity contribution in [2.75, 3.05) is 6.54 Å². The molecule has 188 valence electrons. The fourth-order valence-electron chi connectivity index (χ4n) is 6.38. The highest BCUT2D eigenvalue weighted by Crippen LogP contribution is 2.56. The normalized spacial score (nSPS) is 16.4. The van der Waals surface area contributed by atoms with Crippen LogP contribution in [0.4, 0.5) is 0 Å². The summed E-state index contributed by atoms with van der Waals surface area (Å²) in [5, 5.41) is 3.38. The predicted octanol–water partition coefficient (Wildman–Crippen LogP) is 7.50. The third kappa shape index (κ3) is 3.65. The average molecular weight is 505 g/mol. The highest BCUT2D eigenvalue weighted by atomic mass is 16.2. The molecule has 1 atom stereocenters. The van der Waals surface area contributed by atoms with Crippen molar-refractivity contribution < 1.29 is 4.79 Å². The Balaban J connectivity index is 1.49. The Morgan fingerprint density at radius 1 is 0.590 bits per heavy atom. The molecule has 39 heavy (non-hydrogen) atoms. The average Bonchev–Trinajstić information content (AvgIpc) is 3.01. The van der Waals surface area contributed by atoms with Crippen molar-refractivity contribution in [2.24, 2.45) is 0 Å². The van der Waals surface area contributed by atoms with Crippen LogP contribution >= 0.6 is 0 Å². The van der Waals surface area contributed by atoms with Gasteiger partial charge in [0.05, 0.1) is 17.3 Å². The zero-order valence-electron chi connectivity index (χ0n) is 21.6. The lowest BCUT2D eigenvalue weighted by Crippen LogP contribution is -2.67. The number of para-hydroxylation sites is 1. The van der Waals surface area contributed by atoms with E-state index in [-0.39, 0.29) is 11.9 Å². The van der Waals surface area contributed by atoms with Gasteiger partial charge in [0.2, 0.25) is 5.91 Å². The summed E-state index contributed by atoms with van der Waals surface area (Å²) in [6, 6.07) is 47.5. The van der Waals surface area contributed by atoms with Gasteiger partial charge in [-0.3, -0.25) is 4.79 Å². The summed E-state index contributed by atoms with van der Waals surface area (Å²) in [7, 11) is 0. The van der Waals surface area contributed by atoms with Gasteiger partial charge in [-0.15, -0.1) is 0 Å². The standard InChI is InChI=1S/C36H28N2O/c39-35-36(27-16-6-2-7-17-27,28-18-8-3-9-19-28)34(38(35)25-24-26-14-4-1-5-15-26)33-31-22-11-10-20-29(31)30-21-12-13-23-32(30)37-33/h1-23,34H,24-25H2. The minimum atomic E-state index is -0.864. The van der Waals surface area contributed by atoms with Crippen molar-refractivity contribution in [3.05, 3.63) is 162 Å². The van der Waals surface area contributed by atoms with E-state index in [1.165, 1.54) is 5.56 Å². The highest BCUT2D eigenvalue weighted by molar-refractivity contribution is 6.08. The van der Waals surface area contributed by atoms with Crippen molar-refractivity contribution in [1.29, 1.82) is 0 Å². The highest BCUT2D eigenvalue weighted by Gasteiger charge is 2.63. The van der Waals surface area contributed by atoms with Crippen LogP contribution in [-0.2, 0) is 16.6 Å². The van der Waals surface area contributed by atoms with Gasteiger partial charge in [0.15, 0.2) is 0 Å². The molecule has 1 aliphatic rings. The summed E-state index contributed by atoms with van der Waals surface area (Å²) < 4.78 is 0. The molecule has 0 saturated carbocycles. The molecule has 1 saturated heterocycles. The number of nitrogens with zero attached hydrogens (tertiary/aromatic N) is 2. The molecule has 1 aliphatic heterocycles. The lowest BCUT2D eigenvalue weighted by atomic mass is 9.60. The Kier molecular flexibility index (Phi) is 5.70. The van der Waals surface area contributed by atoms with E-state index in [0.717, 1.165) is 44.9 Å². The maximum absolute atomic E-state index is 14.6. The Morgan fingerprint density at radius 3 is 1.74 bits per heavy atom. The summed E-state index contributed by atoms with van der Waals surface area (Å²) in [6.07, 6.45) is 0.786. The number of benzene rings is 5. The first-order valence-electron chi connectivity index (χ1n) is 13.5. The van der Waals surface area contributed by atoms with Crippen molar-refractivity contribution in [3.63, 3.8) is 0 Å². The third-order valence-corrected chi connectivity index (χ3v) is 8.16. The zero-order valence-corrected chi connectivity index (χ0v) is 21.6. The first-order chi connectivity index (χ1) is 19.3. The molecule has 0 radical (unpaired) electrons. The van der Waals surface area contributed by atoms with Crippen LogP contribution in [0, 0.1) is 0 Å². The fourth-order valence-corrected chi connectivity index (χ4v) is 6.38. The number of hydrogen-bond acceptors (Lipinski definition) is 2. The second-order valence-corrected chi connectivity index (χ2v) is 10.2. The van der Waals surface area contributed by atoms with E-state index in [2.05, 4.69) is 95.9 Å². The number of aromatic nitrogens is 1. The van der Waals surface area contributed by atoms with Gasteiger partial charge in [0.25, 0.3) is 0 Å². The Hall–Kier alpha value is -4.76. The number of hydrogen-bond donors (Lipinski definition) is 0. The summed E-state index contributed by atoms with van der Waals surface area (Å²) in [5.74, 6) is 0.125. The van der Waals surface area contributed by atoms with Gasteiger partial charge in [-0.25, -0.2) is 4.98 Å². The van der Waals surface area contributed by atoms with Crippen LogP contribution < -0.4 is 0 Å². The molecule has 1 aromatic heterocycles. The second-order valence-electron chi connectivity index (χ2n) is 10.2. The molecule has 6 aromatic rings. The van der Waals surface area contributed by atoms with Gasteiger partial charge < -0.3 is 4.90 Å². The molecule has 1 amide bonds. The first kappa shape index (κ1) is 23.4. The van der Waals surface area contributed by atoms with E-state index < -0.39 is 5.41 Å². The van der Waals surface area contributed by atoms with E-state index in [1.807, 2.05) is 48.5 Å². The molecule has 0 aliphatic carbocycles. The van der Waals surface area contributed by atoms with Gasteiger partial charge >= 0.3 is 0 Å². The van der Waals surface area contributed by atoms with Gasteiger partial charge in [0.1, 0.15) is 5.41 Å². The van der Waals surface area contributed by atoms with Crippen molar-refractivity contribution in [2.45, 2.75) is 17.9 Å². The largest absolute Gasteiger partial charge is 0.331 e. The minimum Gasteiger partial charge on any atom is -0.331 e.